The van der Waals surface area contributed by atoms with Crippen molar-refractivity contribution in [3.63, 3.8) is 0 Å². The van der Waals surface area contributed by atoms with Crippen LogP contribution in [0.1, 0.15) is 32.9 Å². The van der Waals surface area contributed by atoms with Crippen molar-refractivity contribution in [2.75, 3.05) is 5.73 Å². The average molecular weight is 431 g/mol. The van der Waals surface area contributed by atoms with Crippen molar-refractivity contribution in [2.24, 2.45) is 0 Å². The first kappa shape index (κ1) is 21.2. The number of aromatic nitrogens is 3. The summed E-state index contributed by atoms with van der Waals surface area (Å²) in [6.07, 6.45) is 3.05. The maximum absolute atomic E-state index is 13.9. The van der Waals surface area contributed by atoms with Gasteiger partial charge in [0.2, 0.25) is 0 Å². The zero-order chi connectivity index (χ0) is 22.8. The summed E-state index contributed by atoms with van der Waals surface area (Å²) < 4.78 is 15.4. The number of nitrogen functional groups attached to an aromatic ring is 1. The molecule has 0 radical (unpaired) electrons. The summed E-state index contributed by atoms with van der Waals surface area (Å²) >= 11 is 0. The molecule has 32 heavy (non-hydrogen) atoms. The molecule has 0 saturated carbocycles. The fourth-order valence-corrected chi connectivity index (χ4v) is 3.71. The zero-order valence-corrected chi connectivity index (χ0v) is 17.7. The van der Waals surface area contributed by atoms with Crippen LogP contribution in [0.5, 0.6) is 0 Å². The first-order chi connectivity index (χ1) is 15.3. The van der Waals surface area contributed by atoms with Crippen molar-refractivity contribution in [3.8, 4) is 0 Å². The second kappa shape index (κ2) is 8.58. The number of rotatable bonds is 5. The third kappa shape index (κ3) is 4.20. The number of fused-ring (bicyclic) bond motifs is 1. The lowest BCUT2D eigenvalue weighted by molar-refractivity contribution is 0.0950. The van der Waals surface area contributed by atoms with E-state index < -0.39 is 5.82 Å². The zero-order valence-electron chi connectivity index (χ0n) is 17.7. The quantitative estimate of drug-likeness (QED) is 0.505. The minimum absolute atomic E-state index is 0.159. The number of pyridine rings is 3. The predicted octanol–water partition coefficient (Wildman–Crippen LogP) is 3.11. The number of nitrogens with two attached hydrogens (primary N) is 1. The number of nitrogens with zero attached hydrogens (tertiary/aromatic N) is 3. The fraction of sp³-hybridized carbons (Fsp3) is 0.167. The largest absolute Gasteiger partial charge is 0.384 e. The summed E-state index contributed by atoms with van der Waals surface area (Å²) in [5, 5.41) is 3.46. The molecule has 162 valence electrons. The van der Waals surface area contributed by atoms with Crippen LogP contribution in [-0.4, -0.2) is 20.4 Å². The van der Waals surface area contributed by atoms with Crippen LogP contribution in [0.25, 0.3) is 10.8 Å². The molecule has 3 N–H and O–H groups in total. The van der Waals surface area contributed by atoms with Gasteiger partial charge in [0.1, 0.15) is 11.6 Å². The van der Waals surface area contributed by atoms with Gasteiger partial charge < -0.3 is 15.6 Å². The van der Waals surface area contributed by atoms with E-state index in [0.29, 0.717) is 29.0 Å². The first-order valence-corrected chi connectivity index (χ1v) is 10.1. The van der Waals surface area contributed by atoms with Crippen molar-refractivity contribution in [3.05, 3.63) is 99.1 Å². The number of hydrogen-bond donors (Lipinski definition) is 2. The van der Waals surface area contributed by atoms with Gasteiger partial charge in [-0.15, -0.1) is 0 Å². The first-order valence-electron chi connectivity index (χ1n) is 10.1. The number of halogens is 1. The Hall–Kier alpha value is -4.07. The van der Waals surface area contributed by atoms with Gasteiger partial charge in [-0.1, -0.05) is 6.07 Å². The monoisotopic (exact) mass is 431 g/mol. The number of carbonyl (C=O) groups is 1. The Morgan fingerprint density at radius 3 is 2.75 bits per heavy atom. The van der Waals surface area contributed by atoms with Gasteiger partial charge in [0, 0.05) is 35.6 Å². The number of anilines is 1. The van der Waals surface area contributed by atoms with Crippen molar-refractivity contribution < 1.29 is 9.18 Å². The van der Waals surface area contributed by atoms with E-state index in [4.69, 9.17) is 5.73 Å². The van der Waals surface area contributed by atoms with Crippen LogP contribution in [0, 0.1) is 19.7 Å². The molecule has 7 nitrogen and oxygen atoms in total. The highest BCUT2D eigenvalue weighted by Gasteiger charge is 2.12. The second-order valence-electron chi connectivity index (χ2n) is 7.60. The molecule has 4 aromatic rings. The van der Waals surface area contributed by atoms with Gasteiger partial charge in [-0.25, -0.2) is 9.37 Å². The van der Waals surface area contributed by atoms with Crippen LogP contribution < -0.4 is 16.6 Å². The Labute approximate surface area is 183 Å². The van der Waals surface area contributed by atoms with Crippen LogP contribution in [0.2, 0.25) is 0 Å². The maximum Gasteiger partial charge on any atom is 0.258 e. The van der Waals surface area contributed by atoms with Gasteiger partial charge in [-0.3, -0.25) is 14.6 Å². The second-order valence-corrected chi connectivity index (χ2v) is 7.60. The maximum atomic E-state index is 13.9. The van der Waals surface area contributed by atoms with Crippen LogP contribution in [0.3, 0.4) is 0 Å². The van der Waals surface area contributed by atoms with E-state index in [9.17, 15) is 14.0 Å². The van der Waals surface area contributed by atoms with Crippen molar-refractivity contribution in [1.29, 1.82) is 0 Å². The molecule has 0 atom stereocenters. The summed E-state index contributed by atoms with van der Waals surface area (Å²) in [4.78, 5) is 33.9. The lowest BCUT2D eigenvalue weighted by atomic mass is 10.1. The number of benzene rings is 1. The van der Waals surface area contributed by atoms with E-state index in [1.54, 1.807) is 30.3 Å². The van der Waals surface area contributed by atoms with Crippen molar-refractivity contribution in [2.45, 2.75) is 26.9 Å². The molecular formula is C24H22FN5O2. The Kier molecular flexibility index (Phi) is 5.68. The average Bonchev–Trinajstić information content (AvgIpc) is 2.75. The minimum Gasteiger partial charge on any atom is -0.384 e. The molecule has 0 spiro atoms. The van der Waals surface area contributed by atoms with Gasteiger partial charge in [0.25, 0.3) is 11.5 Å². The van der Waals surface area contributed by atoms with E-state index in [1.807, 2.05) is 13.8 Å². The van der Waals surface area contributed by atoms with E-state index in [1.165, 1.54) is 29.1 Å². The Morgan fingerprint density at radius 2 is 1.97 bits per heavy atom. The fourth-order valence-electron chi connectivity index (χ4n) is 3.71. The van der Waals surface area contributed by atoms with E-state index in [-0.39, 0.29) is 23.4 Å². The molecule has 0 aliphatic heterocycles. The Balaban J connectivity index is 1.53. The van der Waals surface area contributed by atoms with Crippen molar-refractivity contribution in [1.82, 2.24) is 19.9 Å². The summed E-state index contributed by atoms with van der Waals surface area (Å²) in [6, 6.07) is 11.0. The standard InChI is InChI=1S/C24H22FN5O2/c1-14-10-22(26)29-15(2)20(14)12-28-23(31)16-6-8-27-17(11-16)13-30-9-7-18-19(24(30)32)4-3-5-21(18)25/h3-11H,12-13H2,1-2H3,(H2,26,29)(H,28,31). The highest BCUT2D eigenvalue weighted by atomic mass is 19.1. The van der Waals surface area contributed by atoms with Gasteiger partial charge in [-0.05, 0) is 61.4 Å². The molecule has 0 bridgehead atoms. The molecule has 0 fully saturated rings. The highest BCUT2D eigenvalue weighted by Crippen LogP contribution is 2.16. The lowest BCUT2D eigenvalue weighted by Gasteiger charge is -2.12. The molecule has 0 unspecified atom stereocenters. The van der Waals surface area contributed by atoms with E-state index >= 15 is 0 Å². The van der Waals surface area contributed by atoms with Crippen molar-refractivity contribution >= 4 is 22.5 Å². The number of carbonyl (C=O) groups excluding carboxylic acids is 1. The predicted molar refractivity (Wildman–Crippen MR) is 121 cm³/mol. The highest BCUT2D eigenvalue weighted by molar-refractivity contribution is 5.94. The Bertz CT molecular complexity index is 1370. The van der Waals surface area contributed by atoms with Crippen LogP contribution in [0.4, 0.5) is 10.2 Å². The molecule has 1 aromatic carbocycles. The molecular weight excluding hydrogens is 409 g/mol. The molecule has 0 aliphatic rings. The van der Waals surface area contributed by atoms with Crippen LogP contribution >= 0.6 is 0 Å². The molecule has 1 amide bonds. The summed E-state index contributed by atoms with van der Waals surface area (Å²) in [7, 11) is 0. The number of amides is 1. The van der Waals surface area contributed by atoms with Gasteiger partial charge in [0.05, 0.1) is 17.6 Å². The SMILES string of the molecule is Cc1cc(N)nc(C)c1CNC(=O)c1ccnc(Cn2ccc3c(F)cccc3c2=O)c1. The molecule has 0 saturated heterocycles. The number of nitrogens with one attached hydrogen (secondary N) is 1. The normalized spacial score (nSPS) is 11.0. The topological polar surface area (TPSA) is 103 Å². The minimum atomic E-state index is -0.440. The lowest BCUT2D eigenvalue weighted by Crippen LogP contribution is -2.25. The summed E-state index contributed by atoms with van der Waals surface area (Å²) in [5.41, 5.74) is 9.04. The molecule has 0 aliphatic carbocycles. The molecule has 3 heterocycles. The number of hydrogen-bond acceptors (Lipinski definition) is 5. The number of aryl methyl sites for hydroxylation is 2. The van der Waals surface area contributed by atoms with Crippen LogP contribution in [-0.2, 0) is 13.1 Å². The smallest absolute Gasteiger partial charge is 0.258 e. The third-order valence-electron chi connectivity index (χ3n) is 5.38. The van der Waals surface area contributed by atoms with Gasteiger partial charge >= 0.3 is 0 Å². The van der Waals surface area contributed by atoms with E-state index in [0.717, 1.165) is 16.8 Å². The molecule has 4 rings (SSSR count). The van der Waals surface area contributed by atoms with Crippen LogP contribution in [0.15, 0.2) is 59.7 Å². The third-order valence-corrected chi connectivity index (χ3v) is 5.38. The van der Waals surface area contributed by atoms with Gasteiger partial charge in [0.15, 0.2) is 0 Å². The Morgan fingerprint density at radius 1 is 1.16 bits per heavy atom. The summed E-state index contributed by atoms with van der Waals surface area (Å²) in [6.45, 7) is 4.25. The summed E-state index contributed by atoms with van der Waals surface area (Å²) in [5.74, 6) is -0.261. The molecule has 8 heteroatoms. The molecule has 3 aromatic heterocycles. The van der Waals surface area contributed by atoms with E-state index in [2.05, 4.69) is 15.3 Å². The van der Waals surface area contributed by atoms with Gasteiger partial charge in [-0.2, -0.15) is 0 Å².